The lowest BCUT2D eigenvalue weighted by atomic mass is 9.86. The molecule has 80 heavy (non-hydrogen) atoms. The highest BCUT2D eigenvalue weighted by Gasteiger charge is 2.63. The Morgan fingerprint density at radius 1 is 0.312 bits per heavy atom. The minimum atomic E-state index is -4.53. The van der Waals surface area contributed by atoms with E-state index in [0.717, 1.165) is 35.5 Å². The van der Waals surface area contributed by atoms with E-state index in [-0.39, 0.29) is 22.3 Å². The van der Waals surface area contributed by atoms with Crippen molar-refractivity contribution in [3.8, 4) is 0 Å². The largest absolute Gasteiger partial charge is 0.415 e. The van der Waals surface area contributed by atoms with Crippen LogP contribution in [0.25, 0.3) is 0 Å². The van der Waals surface area contributed by atoms with Crippen LogP contribution in [0, 0.1) is 0 Å². The summed E-state index contributed by atoms with van der Waals surface area (Å²) in [6.07, 6.45) is -18.0. The first-order chi connectivity index (χ1) is 36.8. The van der Waals surface area contributed by atoms with Crippen molar-refractivity contribution in [3.63, 3.8) is 0 Å². The van der Waals surface area contributed by atoms with Gasteiger partial charge in [0.05, 0.1) is 17.1 Å². The number of carbonyl (C=O) groups is 3. The molecule has 0 fully saturated rings. The highest BCUT2D eigenvalue weighted by Crippen LogP contribution is 2.53. The zero-order valence-corrected chi connectivity index (χ0v) is 49.3. The molecule has 4 aromatic carbocycles. The van der Waals surface area contributed by atoms with Gasteiger partial charge in [0.25, 0.3) is 0 Å². The van der Waals surface area contributed by atoms with E-state index in [1.54, 1.807) is 66.5 Å². The van der Waals surface area contributed by atoms with Gasteiger partial charge in [0.1, 0.15) is 5.82 Å². The van der Waals surface area contributed by atoms with E-state index >= 15 is 0 Å². The summed E-state index contributed by atoms with van der Waals surface area (Å²) in [4.78, 5) is 44.4. The summed E-state index contributed by atoms with van der Waals surface area (Å²) in [5.74, 6) is 0.327. The van der Waals surface area contributed by atoms with Crippen LogP contribution in [0.15, 0.2) is 109 Å². The number of anilines is 4. The number of carbonyl (C=O) groups excluding carboxylic acids is 3. The summed E-state index contributed by atoms with van der Waals surface area (Å²) in [6.45, 7) is 24.0. The van der Waals surface area contributed by atoms with E-state index in [0.29, 0.717) is 28.6 Å². The number of fused-ring (bicyclic) bond motifs is 4. The van der Waals surface area contributed by atoms with Crippen LogP contribution in [0.3, 0.4) is 0 Å². The van der Waals surface area contributed by atoms with Crippen LogP contribution in [-0.2, 0) is 22.2 Å². The molecule has 4 aromatic rings. The number of amides is 6. The van der Waals surface area contributed by atoms with Crippen LogP contribution in [0.4, 0.5) is 89.8 Å². The predicted molar refractivity (Wildman–Crippen MR) is 295 cm³/mol. The van der Waals surface area contributed by atoms with Crippen LogP contribution >= 0.6 is 0 Å². The third-order valence-corrected chi connectivity index (χ3v) is 14.5. The molecule has 6 amide bonds. The zero-order valence-electron chi connectivity index (χ0n) is 49.3. The Hall–Kier alpha value is -6.81. The number of nitrogens with zero attached hydrogens (tertiary/aromatic N) is 8. The zero-order chi connectivity index (χ0) is 62.9. The standard InChI is InChI=1S/C13H15F3N2.3C12H13F3N2O.4C2H6/c1-9-17(3)11-8-6-5-7-10(11)12(2,18(9)4)13(14,15)16;3*1-11(12(13,14)15)8-6-4-5-7-9(8)16(2)10(18)17(11)3;4*1-2/h5-8H,1H2,2-4H3;3*4-7H,1-3H3;4*1-2H3/t12-;3*11-;;;;/m0000..../s1. The second-order valence-corrected chi connectivity index (χ2v) is 18.1. The molecule has 4 atom stereocenters. The van der Waals surface area contributed by atoms with Crippen molar-refractivity contribution in [2.24, 2.45) is 0 Å². The highest BCUT2D eigenvalue weighted by molar-refractivity contribution is 5.97. The Balaban J connectivity index is 0.000000511. The quantitative estimate of drug-likeness (QED) is 0.164. The molecule has 0 saturated carbocycles. The summed E-state index contributed by atoms with van der Waals surface area (Å²) in [5, 5.41) is 0. The molecule has 11 nitrogen and oxygen atoms in total. The van der Waals surface area contributed by atoms with Gasteiger partial charge in [0.15, 0.2) is 22.2 Å². The molecule has 0 aromatic heterocycles. The molecule has 0 saturated heterocycles. The average molecular weight is 1150 g/mol. The number of halogens is 12. The number of alkyl halides is 12. The molecule has 8 rings (SSSR count). The minimum Gasteiger partial charge on any atom is -0.344 e. The summed E-state index contributed by atoms with van der Waals surface area (Å²) >= 11 is 0. The Kier molecular flexibility index (Phi) is 23.7. The minimum absolute atomic E-state index is 0.0853. The second-order valence-electron chi connectivity index (χ2n) is 18.1. The van der Waals surface area contributed by atoms with Crippen molar-refractivity contribution < 1.29 is 67.1 Å². The second kappa shape index (κ2) is 26.6. The SMILES string of the molecule is C=C1N(C)c2ccccc2[C@@](C)(C(F)(F)F)N1C.CC.CC.CC.CC.CN1C(=O)N(C)[C@](C)(C(F)(F)F)c2ccccc21.CN1C(=O)N(C)[C@](C)(C(F)(F)F)c2ccccc21.CN1C(=O)N(C)[C@](C)(C(F)(F)F)c2ccccc21. The fourth-order valence-corrected chi connectivity index (χ4v) is 8.99. The van der Waals surface area contributed by atoms with Gasteiger partial charge in [-0.25, -0.2) is 14.4 Å². The van der Waals surface area contributed by atoms with Gasteiger partial charge in [0, 0.05) is 84.3 Å². The molecule has 4 heterocycles. The molecule has 4 aliphatic heterocycles. The first-order valence-electron chi connectivity index (χ1n) is 25.7. The van der Waals surface area contributed by atoms with Gasteiger partial charge in [-0.3, -0.25) is 14.7 Å². The topological polar surface area (TPSA) is 77.1 Å². The van der Waals surface area contributed by atoms with Crippen molar-refractivity contribution in [2.75, 3.05) is 76.0 Å². The van der Waals surface area contributed by atoms with Gasteiger partial charge >= 0.3 is 42.8 Å². The molecule has 0 N–H and O–H groups in total. The third-order valence-electron chi connectivity index (χ3n) is 14.5. The van der Waals surface area contributed by atoms with Crippen LogP contribution < -0.4 is 19.6 Å². The predicted octanol–water partition coefficient (Wildman–Crippen LogP) is 16.3. The molecule has 448 valence electrons. The Morgan fingerprint density at radius 2 is 0.475 bits per heavy atom. The maximum absolute atomic E-state index is 13.5. The molecule has 0 bridgehead atoms. The first kappa shape index (κ1) is 71.2. The van der Waals surface area contributed by atoms with E-state index in [1.807, 2.05) is 55.4 Å². The fourth-order valence-electron chi connectivity index (χ4n) is 8.99. The smallest absolute Gasteiger partial charge is 0.344 e. The van der Waals surface area contributed by atoms with Gasteiger partial charge in [0.2, 0.25) is 0 Å². The summed E-state index contributed by atoms with van der Waals surface area (Å²) in [5.41, 5.74) is -7.02. The van der Waals surface area contributed by atoms with Crippen LogP contribution in [-0.4, -0.2) is 119 Å². The lowest BCUT2D eigenvalue weighted by Gasteiger charge is -2.50. The van der Waals surface area contributed by atoms with E-state index in [1.165, 1.54) is 118 Å². The molecule has 0 spiro atoms. The summed E-state index contributed by atoms with van der Waals surface area (Å²) < 4.78 is 160. The summed E-state index contributed by atoms with van der Waals surface area (Å²) in [7, 11) is 11.0. The lowest BCUT2D eigenvalue weighted by Crippen LogP contribution is -2.61. The molecule has 23 heteroatoms. The summed E-state index contributed by atoms with van der Waals surface area (Å²) in [6, 6.07) is 22.8. The van der Waals surface area contributed by atoms with E-state index < -0.39 is 65.0 Å². The van der Waals surface area contributed by atoms with Crippen molar-refractivity contribution in [2.45, 2.75) is 130 Å². The maximum atomic E-state index is 13.5. The number of benzene rings is 4. The Bertz CT molecular complexity index is 2370. The lowest BCUT2D eigenvalue weighted by molar-refractivity contribution is -0.223. The molecular formula is C57H78F12N8O3. The molecule has 0 aliphatic carbocycles. The van der Waals surface area contributed by atoms with Crippen molar-refractivity contribution >= 4 is 40.8 Å². The van der Waals surface area contributed by atoms with Gasteiger partial charge in [-0.05, 0) is 52.0 Å². The van der Waals surface area contributed by atoms with E-state index in [9.17, 15) is 67.1 Å². The Morgan fingerprint density at radius 3 is 0.662 bits per heavy atom. The average Bonchev–Trinajstić information content (AvgIpc) is 3.44. The van der Waals surface area contributed by atoms with Gasteiger partial charge in [-0.15, -0.1) is 0 Å². The molecule has 0 radical (unpaired) electrons. The van der Waals surface area contributed by atoms with Crippen molar-refractivity contribution in [1.82, 2.24) is 19.6 Å². The number of rotatable bonds is 0. The first-order valence-corrected chi connectivity index (χ1v) is 25.7. The van der Waals surface area contributed by atoms with Gasteiger partial charge in [-0.2, -0.15) is 52.7 Å². The number of hydrogen-bond donors (Lipinski definition) is 0. The van der Waals surface area contributed by atoms with Crippen molar-refractivity contribution in [3.05, 3.63) is 132 Å². The molecular weight excluding hydrogens is 1070 g/mol. The van der Waals surface area contributed by atoms with E-state index in [4.69, 9.17) is 0 Å². The highest BCUT2D eigenvalue weighted by atomic mass is 19.4. The Labute approximate surface area is 464 Å². The van der Waals surface area contributed by atoms with Crippen LogP contribution in [0.1, 0.15) is 105 Å². The fraction of sp³-hybridized carbons (Fsp3) is 0.491. The monoisotopic (exact) mass is 1150 g/mol. The third kappa shape index (κ3) is 12.3. The number of urea groups is 3. The molecule has 4 aliphatic rings. The van der Waals surface area contributed by atoms with Crippen LogP contribution in [0.2, 0.25) is 0 Å². The van der Waals surface area contributed by atoms with Crippen LogP contribution in [0.5, 0.6) is 0 Å². The van der Waals surface area contributed by atoms with Gasteiger partial charge in [-0.1, -0.05) is 135 Å². The normalized spacial score (nSPS) is 22.1. The number of hydrogen-bond acceptors (Lipinski definition) is 5. The maximum Gasteiger partial charge on any atom is 0.415 e. The van der Waals surface area contributed by atoms with Crippen molar-refractivity contribution in [1.29, 1.82) is 0 Å². The number of para-hydroxylation sites is 4. The van der Waals surface area contributed by atoms with Gasteiger partial charge < -0.3 is 24.5 Å². The van der Waals surface area contributed by atoms with E-state index in [2.05, 4.69) is 6.58 Å². The molecule has 0 unspecified atom stereocenters.